The highest BCUT2D eigenvalue weighted by Crippen LogP contribution is 2.34. The number of rotatable bonds is 4. The maximum absolute atomic E-state index is 12.0. The number of fused-ring (bicyclic) bond motifs is 2. The molecule has 0 fully saturated rings. The number of benzene rings is 1. The molecule has 1 aromatic carbocycles. The van der Waals surface area contributed by atoms with E-state index in [2.05, 4.69) is 22.3 Å². The van der Waals surface area contributed by atoms with Gasteiger partial charge in [0.2, 0.25) is 0 Å². The molecule has 5 heteroatoms. The van der Waals surface area contributed by atoms with Gasteiger partial charge >= 0.3 is 0 Å². The average Bonchev–Trinajstić information content (AvgIpc) is 2.83. The van der Waals surface area contributed by atoms with Crippen molar-refractivity contribution in [3.8, 4) is 5.75 Å². The molecule has 0 atom stereocenters. The molecular weight excluding hydrogens is 280 g/mol. The van der Waals surface area contributed by atoms with Gasteiger partial charge in [-0.1, -0.05) is 0 Å². The van der Waals surface area contributed by atoms with Crippen molar-refractivity contribution < 1.29 is 14.3 Å². The minimum Gasteiger partial charge on any atom is -0.484 e. The predicted molar refractivity (Wildman–Crippen MR) is 85.9 cm³/mol. The lowest BCUT2D eigenvalue weighted by Crippen LogP contribution is -2.31. The Morgan fingerprint density at radius 1 is 1.27 bits per heavy atom. The van der Waals surface area contributed by atoms with Crippen LogP contribution in [0.15, 0.2) is 12.1 Å². The average molecular weight is 304 g/mol. The molecule has 0 aromatic heterocycles. The Labute approximate surface area is 131 Å². The van der Waals surface area contributed by atoms with E-state index in [1.165, 1.54) is 11.1 Å². The SMILES string of the molecule is COCCCN1CC(=O)COc2cc3c(cc21)CCNCC3. The second-order valence-corrected chi connectivity index (χ2v) is 5.93. The summed E-state index contributed by atoms with van der Waals surface area (Å²) in [4.78, 5) is 14.1. The molecule has 0 radical (unpaired) electrons. The molecule has 2 aliphatic rings. The van der Waals surface area contributed by atoms with Crippen LogP contribution in [0.5, 0.6) is 5.75 Å². The van der Waals surface area contributed by atoms with Crippen molar-refractivity contribution >= 4 is 11.5 Å². The zero-order chi connectivity index (χ0) is 15.4. The largest absolute Gasteiger partial charge is 0.484 e. The Morgan fingerprint density at radius 3 is 2.82 bits per heavy atom. The summed E-state index contributed by atoms with van der Waals surface area (Å²) in [6.45, 7) is 4.12. The molecule has 3 rings (SSSR count). The topological polar surface area (TPSA) is 50.8 Å². The van der Waals surface area contributed by atoms with Crippen molar-refractivity contribution in [3.63, 3.8) is 0 Å². The fourth-order valence-corrected chi connectivity index (χ4v) is 3.15. The lowest BCUT2D eigenvalue weighted by atomic mass is 10.0. The van der Waals surface area contributed by atoms with Crippen molar-refractivity contribution in [1.29, 1.82) is 0 Å². The summed E-state index contributed by atoms with van der Waals surface area (Å²) in [6.07, 6.45) is 2.95. The monoisotopic (exact) mass is 304 g/mol. The van der Waals surface area contributed by atoms with Gasteiger partial charge in [0.1, 0.15) is 12.4 Å². The Balaban J connectivity index is 1.90. The van der Waals surface area contributed by atoms with Gasteiger partial charge in [-0.25, -0.2) is 0 Å². The lowest BCUT2D eigenvalue weighted by molar-refractivity contribution is -0.119. The van der Waals surface area contributed by atoms with Gasteiger partial charge in [0.15, 0.2) is 5.78 Å². The minimum atomic E-state index is 0.130. The van der Waals surface area contributed by atoms with Gasteiger partial charge in [-0.15, -0.1) is 0 Å². The molecule has 2 aliphatic heterocycles. The smallest absolute Gasteiger partial charge is 0.189 e. The van der Waals surface area contributed by atoms with E-state index in [0.29, 0.717) is 13.2 Å². The molecule has 120 valence electrons. The molecule has 1 N–H and O–H groups in total. The van der Waals surface area contributed by atoms with E-state index in [9.17, 15) is 4.79 Å². The van der Waals surface area contributed by atoms with E-state index in [-0.39, 0.29) is 12.4 Å². The van der Waals surface area contributed by atoms with Crippen molar-refractivity contribution in [2.45, 2.75) is 19.3 Å². The fourth-order valence-electron chi connectivity index (χ4n) is 3.15. The van der Waals surface area contributed by atoms with Crippen molar-refractivity contribution in [2.75, 3.05) is 51.4 Å². The van der Waals surface area contributed by atoms with Crippen molar-refractivity contribution in [2.24, 2.45) is 0 Å². The number of hydrogen-bond donors (Lipinski definition) is 1. The van der Waals surface area contributed by atoms with Gasteiger partial charge in [-0.05, 0) is 55.6 Å². The van der Waals surface area contributed by atoms with Crippen LogP contribution in [-0.2, 0) is 22.4 Å². The third-order valence-electron chi connectivity index (χ3n) is 4.30. The number of carbonyl (C=O) groups excluding carboxylic acids is 1. The molecule has 22 heavy (non-hydrogen) atoms. The van der Waals surface area contributed by atoms with Crippen LogP contribution in [0.3, 0.4) is 0 Å². The maximum Gasteiger partial charge on any atom is 0.189 e. The van der Waals surface area contributed by atoms with Crippen LogP contribution in [0.25, 0.3) is 0 Å². The summed E-state index contributed by atoms with van der Waals surface area (Å²) in [7, 11) is 1.71. The molecule has 0 saturated heterocycles. The lowest BCUT2D eigenvalue weighted by Gasteiger charge is -2.24. The van der Waals surface area contributed by atoms with E-state index in [1.54, 1.807) is 7.11 Å². The summed E-state index contributed by atoms with van der Waals surface area (Å²) in [5, 5.41) is 3.43. The fraction of sp³-hybridized carbons (Fsp3) is 0.588. The van der Waals surface area contributed by atoms with Gasteiger partial charge in [-0.3, -0.25) is 4.79 Å². The first kappa shape index (κ1) is 15.3. The van der Waals surface area contributed by atoms with Crippen LogP contribution >= 0.6 is 0 Å². The number of methoxy groups -OCH3 is 1. The number of nitrogens with zero attached hydrogens (tertiary/aromatic N) is 1. The number of nitrogens with one attached hydrogen (secondary N) is 1. The highest BCUT2D eigenvalue weighted by Gasteiger charge is 2.23. The second kappa shape index (κ2) is 7.11. The number of ketones is 1. The van der Waals surface area contributed by atoms with Crippen molar-refractivity contribution in [3.05, 3.63) is 23.3 Å². The molecule has 0 unspecified atom stereocenters. The summed E-state index contributed by atoms with van der Waals surface area (Å²) in [5.41, 5.74) is 3.77. The first-order valence-electron chi connectivity index (χ1n) is 8.03. The van der Waals surface area contributed by atoms with E-state index < -0.39 is 0 Å². The standard InChI is InChI=1S/C17H24N2O3/c1-21-8-2-7-19-11-15(20)12-22-17-10-14-4-6-18-5-3-13(14)9-16(17)19/h9-10,18H,2-8,11-12H2,1H3. The van der Waals surface area contributed by atoms with E-state index in [0.717, 1.165) is 50.3 Å². The molecule has 5 nitrogen and oxygen atoms in total. The molecule has 0 spiro atoms. The third kappa shape index (κ3) is 3.42. The van der Waals surface area contributed by atoms with Crippen LogP contribution in [0.1, 0.15) is 17.5 Å². The first-order valence-corrected chi connectivity index (χ1v) is 8.03. The quantitative estimate of drug-likeness (QED) is 0.847. The molecule has 0 bridgehead atoms. The third-order valence-corrected chi connectivity index (χ3v) is 4.30. The van der Waals surface area contributed by atoms with Crippen LogP contribution in [0.2, 0.25) is 0 Å². The van der Waals surface area contributed by atoms with Gasteiger partial charge in [0.05, 0.1) is 12.2 Å². The normalized spacial score (nSPS) is 18.0. The van der Waals surface area contributed by atoms with E-state index in [1.807, 2.05) is 0 Å². The zero-order valence-corrected chi connectivity index (χ0v) is 13.2. The Bertz CT molecular complexity index is 545. The Morgan fingerprint density at radius 2 is 2.05 bits per heavy atom. The van der Waals surface area contributed by atoms with Crippen LogP contribution < -0.4 is 15.0 Å². The van der Waals surface area contributed by atoms with Crippen LogP contribution in [0, 0.1) is 0 Å². The van der Waals surface area contributed by atoms with Gasteiger partial charge < -0.3 is 19.7 Å². The maximum atomic E-state index is 12.0. The van der Waals surface area contributed by atoms with Crippen LogP contribution in [-0.4, -0.2) is 52.3 Å². The van der Waals surface area contributed by atoms with Crippen molar-refractivity contribution in [1.82, 2.24) is 5.32 Å². The van der Waals surface area contributed by atoms with E-state index >= 15 is 0 Å². The minimum absolute atomic E-state index is 0.130. The Hall–Kier alpha value is -1.59. The zero-order valence-electron chi connectivity index (χ0n) is 13.2. The molecular formula is C17H24N2O3. The first-order chi connectivity index (χ1) is 10.8. The molecule has 0 aliphatic carbocycles. The highest BCUT2D eigenvalue weighted by atomic mass is 16.5. The predicted octanol–water partition coefficient (Wildman–Crippen LogP) is 1.18. The molecule has 1 aromatic rings. The van der Waals surface area contributed by atoms with Gasteiger partial charge in [0.25, 0.3) is 0 Å². The number of Topliss-reactive ketones (excluding diaryl/α,β-unsaturated/α-hetero) is 1. The number of hydrogen-bond acceptors (Lipinski definition) is 5. The molecule has 0 saturated carbocycles. The molecule has 0 amide bonds. The summed E-state index contributed by atoms with van der Waals surface area (Å²) < 4.78 is 10.9. The summed E-state index contributed by atoms with van der Waals surface area (Å²) in [6, 6.07) is 4.36. The number of carbonyl (C=O) groups is 1. The van der Waals surface area contributed by atoms with Gasteiger partial charge in [0, 0.05) is 20.3 Å². The summed E-state index contributed by atoms with van der Waals surface area (Å²) in [5.74, 6) is 0.981. The summed E-state index contributed by atoms with van der Waals surface area (Å²) >= 11 is 0. The van der Waals surface area contributed by atoms with Crippen LogP contribution in [0.4, 0.5) is 5.69 Å². The number of anilines is 1. The van der Waals surface area contributed by atoms with Gasteiger partial charge in [-0.2, -0.15) is 0 Å². The molecule has 2 heterocycles. The second-order valence-electron chi connectivity index (χ2n) is 5.93. The Kier molecular flexibility index (Phi) is 4.95. The number of ether oxygens (including phenoxy) is 2. The van der Waals surface area contributed by atoms with E-state index in [4.69, 9.17) is 9.47 Å². The highest BCUT2D eigenvalue weighted by molar-refractivity contribution is 5.87.